The summed E-state index contributed by atoms with van der Waals surface area (Å²) in [7, 11) is 0. The number of thioether (sulfide) groups is 1. The van der Waals surface area contributed by atoms with Gasteiger partial charge in [-0.2, -0.15) is 0 Å². The van der Waals surface area contributed by atoms with Crippen molar-refractivity contribution in [3.8, 4) is 0 Å². The first-order chi connectivity index (χ1) is 13.7. The number of H-pyrrole nitrogens is 2. The van der Waals surface area contributed by atoms with Crippen molar-refractivity contribution in [2.24, 2.45) is 0 Å². The number of benzene rings is 2. The van der Waals surface area contributed by atoms with Gasteiger partial charge >= 0.3 is 0 Å². The summed E-state index contributed by atoms with van der Waals surface area (Å²) in [5.41, 5.74) is 3.23. The molecule has 3 heterocycles. The molecule has 140 valence electrons. The Labute approximate surface area is 165 Å². The van der Waals surface area contributed by atoms with Gasteiger partial charge < -0.3 is 20.2 Å². The number of nitrogens with one attached hydrogen (secondary N) is 3. The normalized spacial score (nSPS) is 16.7. The van der Waals surface area contributed by atoms with Crippen LogP contribution in [0.15, 0.2) is 60.9 Å². The first-order valence-electron chi connectivity index (χ1n) is 9.04. The molecular weight excluding hydrogens is 372 g/mol. The maximum atomic E-state index is 13.2. The number of para-hydroxylation sites is 1. The average molecular weight is 390 g/mol. The lowest BCUT2D eigenvalue weighted by atomic mass is 10.1. The van der Waals surface area contributed by atoms with Gasteiger partial charge in [0, 0.05) is 40.0 Å². The number of anilines is 1. The van der Waals surface area contributed by atoms with Gasteiger partial charge in [-0.3, -0.25) is 9.59 Å². The first kappa shape index (κ1) is 16.9. The molecule has 3 N–H and O–H groups in total. The number of amides is 2. The predicted octanol–water partition coefficient (Wildman–Crippen LogP) is 3.80. The highest BCUT2D eigenvalue weighted by Crippen LogP contribution is 2.28. The molecule has 1 fully saturated rings. The van der Waals surface area contributed by atoms with Gasteiger partial charge in [0.05, 0.1) is 17.1 Å². The molecule has 1 atom stereocenters. The molecule has 7 heteroatoms. The standard InChI is InChI=1S/C21H18N4O2S/c26-20(24-18-7-3-6-17-14(18)8-9-22-17)19-11-28-12-25(19)21(27)15-10-23-16-5-2-1-4-13(15)16/h1-10,19,22-23H,11-12H2,(H,24,26)/t19-/m1/s1. The highest BCUT2D eigenvalue weighted by Gasteiger charge is 2.36. The van der Waals surface area contributed by atoms with Crippen LogP contribution in [0, 0.1) is 0 Å². The molecule has 0 spiro atoms. The fourth-order valence-electron chi connectivity index (χ4n) is 3.67. The van der Waals surface area contributed by atoms with E-state index in [0.717, 1.165) is 27.5 Å². The molecule has 4 aromatic rings. The molecule has 0 bridgehead atoms. The molecule has 2 amide bonds. The second kappa shape index (κ2) is 6.76. The average Bonchev–Trinajstić information content (AvgIpc) is 3.45. The van der Waals surface area contributed by atoms with E-state index in [1.54, 1.807) is 22.9 Å². The predicted molar refractivity (Wildman–Crippen MR) is 113 cm³/mol. The molecule has 2 aromatic heterocycles. The summed E-state index contributed by atoms with van der Waals surface area (Å²) in [6.45, 7) is 0. The summed E-state index contributed by atoms with van der Waals surface area (Å²) < 4.78 is 0. The highest BCUT2D eigenvalue weighted by molar-refractivity contribution is 7.99. The topological polar surface area (TPSA) is 81.0 Å². The summed E-state index contributed by atoms with van der Waals surface area (Å²) >= 11 is 1.59. The molecule has 0 saturated carbocycles. The molecule has 0 unspecified atom stereocenters. The van der Waals surface area contributed by atoms with Gasteiger partial charge in [0.15, 0.2) is 0 Å². The van der Waals surface area contributed by atoms with Gasteiger partial charge in [-0.05, 0) is 24.3 Å². The number of hydrogen-bond donors (Lipinski definition) is 3. The third kappa shape index (κ3) is 2.75. The zero-order valence-electron chi connectivity index (χ0n) is 14.9. The quantitative estimate of drug-likeness (QED) is 0.498. The summed E-state index contributed by atoms with van der Waals surface area (Å²) in [5, 5.41) is 4.84. The monoisotopic (exact) mass is 390 g/mol. The third-order valence-electron chi connectivity index (χ3n) is 5.12. The Morgan fingerprint density at radius 2 is 1.82 bits per heavy atom. The molecule has 2 aromatic carbocycles. The zero-order valence-corrected chi connectivity index (χ0v) is 15.8. The van der Waals surface area contributed by atoms with E-state index >= 15 is 0 Å². The van der Waals surface area contributed by atoms with E-state index in [9.17, 15) is 9.59 Å². The minimum atomic E-state index is -0.500. The van der Waals surface area contributed by atoms with Crippen molar-refractivity contribution < 1.29 is 9.59 Å². The second-order valence-electron chi connectivity index (χ2n) is 6.77. The number of carbonyl (C=O) groups is 2. The van der Waals surface area contributed by atoms with E-state index < -0.39 is 6.04 Å². The molecule has 1 saturated heterocycles. The van der Waals surface area contributed by atoms with Crippen LogP contribution in [-0.4, -0.2) is 44.4 Å². The maximum Gasteiger partial charge on any atom is 0.257 e. The van der Waals surface area contributed by atoms with Crippen molar-refractivity contribution >= 4 is 51.1 Å². The Bertz CT molecular complexity index is 1200. The van der Waals surface area contributed by atoms with E-state index in [1.165, 1.54) is 0 Å². The number of hydrogen-bond acceptors (Lipinski definition) is 3. The van der Waals surface area contributed by atoms with Crippen molar-refractivity contribution in [1.29, 1.82) is 0 Å². The maximum absolute atomic E-state index is 13.2. The van der Waals surface area contributed by atoms with Crippen molar-refractivity contribution in [3.05, 3.63) is 66.5 Å². The van der Waals surface area contributed by atoms with Crippen molar-refractivity contribution in [3.63, 3.8) is 0 Å². The number of rotatable bonds is 3. The van der Waals surface area contributed by atoms with Crippen LogP contribution in [-0.2, 0) is 4.79 Å². The van der Waals surface area contributed by atoms with E-state index in [2.05, 4.69) is 15.3 Å². The van der Waals surface area contributed by atoms with Gasteiger partial charge in [-0.25, -0.2) is 0 Å². The van der Waals surface area contributed by atoms with E-state index in [4.69, 9.17) is 0 Å². The van der Waals surface area contributed by atoms with Gasteiger partial charge in [-0.15, -0.1) is 11.8 Å². The number of aromatic nitrogens is 2. The minimum Gasteiger partial charge on any atom is -0.361 e. The molecule has 28 heavy (non-hydrogen) atoms. The minimum absolute atomic E-state index is 0.123. The Morgan fingerprint density at radius 1 is 1.00 bits per heavy atom. The van der Waals surface area contributed by atoms with Gasteiger partial charge in [0.1, 0.15) is 6.04 Å². The summed E-state index contributed by atoms with van der Waals surface area (Å²) in [6.07, 6.45) is 3.57. The lowest BCUT2D eigenvalue weighted by Gasteiger charge is -2.23. The van der Waals surface area contributed by atoms with Crippen molar-refractivity contribution in [2.45, 2.75) is 6.04 Å². The fourth-order valence-corrected chi connectivity index (χ4v) is 4.83. The van der Waals surface area contributed by atoms with E-state index in [-0.39, 0.29) is 11.8 Å². The van der Waals surface area contributed by atoms with Crippen LogP contribution >= 0.6 is 11.8 Å². The Balaban J connectivity index is 1.41. The van der Waals surface area contributed by atoms with Gasteiger partial charge in [0.25, 0.3) is 5.91 Å². The van der Waals surface area contributed by atoms with Crippen LogP contribution in [0.5, 0.6) is 0 Å². The van der Waals surface area contributed by atoms with Crippen LogP contribution in [0.4, 0.5) is 5.69 Å². The SMILES string of the molecule is O=C(Nc1cccc2[nH]ccc12)[C@H]1CSCN1C(=O)c1c[nH]c2ccccc12. The molecule has 1 aliphatic rings. The highest BCUT2D eigenvalue weighted by atomic mass is 32.2. The van der Waals surface area contributed by atoms with Crippen LogP contribution in [0.3, 0.4) is 0 Å². The number of aromatic amines is 2. The van der Waals surface area contributed by atoms with Crippen molar-refractivity contribution in [2.75, 3.05) is 16.9 Å². The van der Waals surface area contributed by atoms with Crippen LogP contribution < -0.4 is 5.32 Å². The summed E-state index contributed by atoms with van der Waals surface area (Å²) in [6, 6.07) is 14.9. The largest absolute Gasteiger partial charge is 0.361 e. The van der Waals surface area contributed by atoms with Crippen LogP contribution in [0.25, 0.3) is 21.8 Å². The zero-order chi connectivity index (χ0) is 19.1. The molecule has 5 rings (SSSR count). The van der Waals surface area contributed by atoms with E-state index in [0.29, 0.717) is 17.2 Å². The van der Waals surface area contributed by atoms with E-state index in [1.807, 2.05) is 54.7 Å². The fraction of sp³-hybridized carbons (Fsp3) is 0.143. The lowest BCUT2D eigenvalue weighted by Crippen LogP contribution is -2.44. The smallest absolute Gasteiger partial charge is 0.257 e. The Hall–Kier alpha value is -3.19. The number of nitrogens with zero attached hydrogens (tertiary/aromatic N) is 1. The summed E-state index contributed by atoms with van der Waals surface area (Å²) in [5.74, 6) is 0.808. The second-order valence-corrected chi connectivity index (χ2v) is 7.77. The van der Waals surface area contributed by atoms with Crippen LogP contribution in [0.2, 0.25) is 0 Å². The van der Waals surface area contributed by atoms with Gasteiger partial charge in [0.2, 0.25) is 5.91 Å². The van der Waals surface area contributed by atoms with Crippen molar-refractivity contribution in [1.82, 2.24) is 14.9 Å². The molecule has 6 nitrogen and oxygen atoms in total. The number of fused-ring (bicyclic) bond motifs is 2. The molecule has 1 aliphatic heterocycles. The Morgan fingerprint density at radius 3 is 2.75 bits per heavy atom. The Kier molecular flexibility index (Phi) is 4.09. The molecular formula is C21H18N4O2S. The van der Waals surface area contributed by atoms with Crippen LogP contribution in [0.1, 0.15) is 10.4 Å². The third-order valence-corrected chi connectivity index (χ3v) is 6.13. The summed E-state index contributed by atoms with van der Waals surface area (Å²) in [4.78, 5) is 34.1. The van der Waals surface area contributed by atoms with Gasteiger partial charge in [-0.1, -0.05) is 24.3 Å². The molecule has 0 radical (unpaired) electrons. The molecule has 0 aliphatic carbocycles. The first-order valence-corrected chi connectivity index (χ1v) is 10.2. The number of carbonyl (C=O) groups excluding carboxylic acids is 2. The lowest BCUT2D eigenvalue weighted by molar-refractivity contribution is -0.119.